The summed E-state index contributed by atoms with van der Waals surface area (Å²) in [7, 11) is 0. The van der Waals surface area contributed by atoms with Crippen LogP contribution in [0, 0.1) is 46.3 Å². The first kappa shape index (κ1) is 25.6. The Morgan fingerprint density at radius 2 is 1.91 bits per heavy atom. The molecule has 0 aromatic rings. The van der Waals surface area contributed by atoms with E-state index in [9.17, 15) is 4.79 Å². The van der Waals surface area contributed by atoms with Crippen molar-refractivity contribution in [1.82, 2.24) is 0 Å². The zero-order chi connectivity index (χ0) is 23.8. The van der Waals surface area contributed by atoms with Gasteiger partial charge in [0.1, 0.15) is 6.10 Å². The van der Waals surface area contributed by atoms with Gasteiger partial charge in [0.2, 0.25) is 0 Å². The van der Waals surface area contributed by atoms with E-state index in [0.717, 1.165) is 54.8 Å². The fraction of sp³-hybridized carbons (Fsp3) is 0.900. The zero-order valence-electron chi connectivity index (χ0n) is 22.0. The molecule has 0 amide bonds. The summed E-state index contributed by atoms with van der Waals surface area (Å²) >= 11 is 5.77. The van der Waals surface area contributed by atoms with Crippen molar-refractivity contribution >= 4 is 17.6 Å². The summed E-state index contributed by atoms with van der Waals surface area (Å²) in [5, 5.41) is 0. The van der Waals surface area contributed by atoms with Gasteiger partial charge in [-0.05, 0) is 97.7 Å². The Labute approximate surface area is 208 Å². The van der Waals surface area contributed by atoms with Gasteiger partial charge in [-0.3, -0.25) is 4.79 Å². The minimum atomic E-state index is -0.111. The highest BCUT2D eigenvalue weighted by Gasteiger charge is 2.59. The number of hydrogen-bond acceptors (Lipinski definition) is 2. The third-order valence-electron chi connectivity index (χ3n) is 10.8. The normalized spacial score (nSPS) is 41.1. The number of hydrogen-bond donors (Lipinski definition) is 0. The molecule has 0 aromatic carbocycles. The number of esters is 1. The highest BCUT2D eigenvalue weighted by molar-refractivity contribution is 6.18. The second-order valence-electron chi connectivity index (χ2n) is 13.1. The molecule has 188 valence electrons. The van der Waals surface area contributed by atoms with Crippen LogP contribution < -0.4 is 0 Å². The van der Waals surface area contributed by atoms with Crippen LogP contribution in [0.25, 0.3) is 0 Å². The number of allylic oxidation sites excluding steroid dienone is 2. The molecule has 4 rings (SSSR count). The number of fused-ring (bicyclic) bond motifs is 5. The number of halogens is 1. The van der Waals surface area contributed by atoms with Gasteiger partial charge in [-0.15, -0.1) is 11.6 Å². The van der Waals surface area contributed by atoms with Crippen LogP contribution >= 0.6 is 11.6 Å². The third kappa shape index (κ3) is 4.94. The molecule has 3 heteroatoms. The average molecular weight is 477 g/mol. The van der Waals surface area contributed by atoms with Gasteiger partial charge in [0.25, 0.3) is 0 Å². The first-order chi connectivity index (χ1) is 15.7. The molecule has 0 radical (unpaired) electrons. The van der Waals surface area contributed by atoms with Crippen molar-refractivity contribution in [2.75, 3.05) is 5.88 Å². The van der Waals surface area contributed by atoms with Crippen LogP contribution in [0.15, 0.2) is 11.6 Å². The summed E-state index contributed by atoms with van der Waals surface area (Å²) in [6.45, 7) is 12.5. The minimum Gasteiger partial charge on any atom is -0.462 e. The molecule has 0 unspecified atom stereocenters. The molecular weight excluding hydrogens is 428 g/mol. The van der Waals surface area contributed by atoms with E-state index in [2.05, 4.69) is 40.7 Å². The molecule has 0 N–H and O–H groups in total. The van der Waals surface area contributed by atoms with Gasteiger partial charge in [-0.25, -0.2) is 0 Å². The summed E-state index contributed by atoms with van der Waals surface area (Å²) in [6.07, 6.45) is 17.3. The van der Waals surface area contributed by atoms with E-state index in [-0.39, 0.29) is 17.5 Å². The first-order valence-corrected chi connectivity index (χ1v) is 14.7. The van der Waals surface area contributed by atoms with E-state index < -0.39 is 0 Å². The molecule has 8 atom stereocenters. The Hall–Kier alpha value is -0.500. The summed E-state index contributed by atoms with van der Waals surface area (Å²) in [5.74, 6) is 5.31. The van der Waals surface area contributed by atoms with E-state index in [1.807, 2.05) is 0 Å². The van der Waals surface area contributed by atoms with E-state index in [4.69, 9.17) is 16.3 Å². The van der Waals surface area contributed by atoms with Crippen LogP contribution in [0.1, 0.15) is 112 Å². The third-order valence-corrected chi connectivity index (χ3v) is 11.0. The Balaban J connectivity index is 1.46. The first-order valence-electron chi connectivity index (χ1n) is 14.1. The lowest BCUT2D eigenvalue weighted by Crippen LogP contribution is -2.51. The molecule has 3 saturated carbocycles. The van der Waals surface area contributed by atoms with Gasteiger partial charge >= 0.3 is 5.97 Å². The molecule has 2 nitrogen and oxygen atoms in total. The van der Waals surface area contributed by atoms with E-state index in [0.29, 0.717) is 17.7 Å². The number of alkyl halides is 1. The maximum atomic E-state index is 12.1. The van der Waals surface area contributed by atoms with Gasteiger partial charge in [0.05, 0.1) is 6.42 Å². The molecule has 0 saturated heterocycles. The quantitative estimate of drug-likeness (QED) is 0.199. The molecule has 0 aromatic heterocycles. The minimum absolute atomic E-state index is 0.0761. The second-order valence-corrected chi connectivity index (χ2v) is 13.5. The molecule has 0 spiro atoms. The molecule has 0 aliphatic heterocycles. The Bertz CT molecular complexity index is 729. The van der Waals surface area contributed by atoms with E-state index >= 15 is 0 Å². The van der Waals surface area contributed by atoms with Crippen molar-refractivity contribution in [1.29, 1.82) is 0 Å². The molecule has 3 fully saturated rings. The van der Waals surface area contributed by atoms with Gasteiger partial charge in [0.15, 0.2) is 0 Å². The van der Waals surface area contributed by atoms with Crippen LogP contribution in [0.4, 0.5) is 0 Å². The molecule has 4 aliphatic carbocycles. The zero-order valence-corrected chi connectivity index (χ0v) is 22.8. The van der Waals surface area contributed by atoms with Crippen molar-refractivity contribution < 1.29 is 9.53 Å². The summed E-state index contributed by atoms with van der Waals surface area (Å²) in [4.78, 5) is 12.1. The monoisotopic (exact) mass is 476 g/mol. The summed E-state index contributed by atoms with van der Waals surface area (Å²) in [5.41, 5.74) is 2.42. The molecule has 0 heterocycles. The number of carbonyl (C=O) groups is 1. The number of ether oxygens (including phenoxy) is 1. The molecule has 4 aliphatic rings. The predicted molar refractivity (Wildman–Crippen MR) is 138 cm³/mol. The lowest BCUT2D eigenvalue weighted by Gasteiger charge is -2.58. The second kappa shape index (κ2) is 10.2. The lowest BCUT2D eigenvalue weighted by atomic mass is 9.47. The van der Waals surface area contributed by atoms with Crippen LogP contribution in [0.5, 0.6) is 0 Å². The van der Waals surface area contributed by atoms with Gasteiger partial charge in [-0.2, -0.15) is 0 Å². The van der Waals surface area contributed by atoms with Crippen molar-refractivity contribution in [2.24, 2.45) is 46.3 Å². The standard InChI is InChI=1S/C30H49ClO2/c1-20(2)7-6-8-21(3)25-13-14-26-24-12-10-22-9-11-23(33-28(32)16-18-31)19-30(22,5)27(24)15-17-29(25,26)4/h10,20-21,23-27H,6-9,11-19H2,1-5H3/t21-,23+,24+,25-,26+,27+,29-,30-/m0/s1. The van der Waals surface area contributed by atoms with Gasteiger partial charge in [-0.1, -0.05) is 65.5 Å². The SMILES string of the molecule is CC(C)CCC[C@H](C)[C@@H]1CC[C@@H]2[C@H]3CC=C4CC[C@@H](OC(=O)CCCl)C[C@]4(C)[C@@H]3CC[C@]21C. The fourth-order valence-corrected chi connectivity index (χ4v) is 9.32. The number of rotatable bonds is 8. The number of carbonyl (C=O) groups excluding carboxylic acids is 1. The Morgan fingerprint density at radius 1 is 1.12 bits per heavy atom. The highest BCUT2D eigenvalue weighted by atomic mass is 35.5. The molecule has 33 heavy (non-hydrogen) atoms. The lowest BCUT2D eigenvalue weighted by molar-refractivity contribution is -0.153. The smallest absolute Gasteiger partial charge is 0.307 e. The topological polar surface area (TPSA) is 26.3 Å². The van der Waals surface area contributed by atoms with Crippen LogP contribution in [-0.2, 0) is 9.53 Å². The molecular formula is C30H49ClO2. The maximum Gasteiger partial charge on any atom is 0.307 e. The average Bonchev–Trinajstić information content (AvgIpc) is 3.10. The largest absolute Gasteiger partial charge is 0.462 e. The summed E-state index contributed by atoms with van der Waals surface area (Å²) < 4.78 is 5.88. The van der Waals surface area contributed by atoms with Crippen molar-refractivity contribution in [3.63, 3.8) is 0 Å². The van der Waals surface area contributed by atoms with E-state index in [1.54, 1.807) is 5.57 Å². The van der Waals surface area contributed by atoms with Crippen LogP contribution in [0.3, 0.4) is 0 Å². The fourth-order valence-electron chi connectivity index (χ4n) is 9.17. The predicted octanol–water partition coefficient (Wildman–Crippen LogP) is 8.57. The highest BCUT2D eigenvalue weighted by Crippen LogP contribution is 2.67. The molecule has 0 bridgehead atoms. The van der Waals surface area contributed by atoms with Crippen LogP contribution in [0.2, 0.25) is 0 Å². The Morgan fingerprint density at radius 3 is 2.64 bits per heavy atom. The van der Waals surface area contributed by atoms with Crippen molar-refractivity contribution in [3.05, 3.63) is 11.6 Å². The summed E-state index contributed by atoms with van der Waals surface area (Å²) in [6, 6.07) is 0. The van der Waals surface area contributed by atoms with Gasteiger partial charge in [0, 0.05) is 5.88 Å². The van der Waals surface area contributed by atoms with Crippen molar-refractivity contribution in [3.8, 4) is 0 Å². The van der Waals surface area contributed by atoms with Crippen molar-refractivity contribution in [2.45, 2.75) is 118 Å². The Kier molecular flexibility index (Phi) is 7.94. The van der Waals surface area contributed by atoms with Crippen LogP contribution in [-0.4, -0.2) is 18.0 Å². The van der Waals surface area contributed by atoms with Gasteiger partial charge < -0.3 is 4.74 Å². The maximum absolute atomic E-state index is 12.1. The van der Waals surface area contributed by atoms with E-state index in [1.165, 1.54) is 51.4 Å².